The Morgan fingerprint density at radius 2 is 2.03 bits per heavy atom. The fourth-order valence-corrected chi connectivity index (χ4v) is 4.23. The van der Waals surface area contributed by atoms with E-state index in [1.165, 1.54) is 11.8 Å². The number of nitrogens with one attached hydrogen (secondary N) is 1. The number of aromatic amines is 1. The van der Waals surface area contributed by atoms with Crippen molar-refractivity contribution in [2.75, 3.05) is 19.5 Å². The molecule has 0 saturated carbocycles. The van der Waals surface area contributed by atoms with E-state index >= 15 is 0 Å². The number of para-hydroxylation sites is 1. The largest absolute Gasteiger partial charge is 0.485 e. The summed E-state index contributed by atoms with van der Waals surface area (Å²) in [6.45, 7) is 8.97. The first kappa shape index (κ1) is 22.1. The number of ketones is 1. The highest BCUT2D eigenvalue weighted by Gasteiger charge is 2.19. The Bertz CT molecular complexity index is 1010. The van der Waals surface area contributed by atoms with Gasteiger partial charge in [-0.1, -0.05) is 30.0 Å². The summed E-state index contributed by atoms with van der Waals surface area (Å²) in [5.74, 6) is 1.78. The van der Waals surface area contributed by atoms with E-state index in [0.717, 1.165) is 28.3 Å². The highest BCUT2D eigenvalue weighted by Crippen LogP contribution is 2.23. The fraction of sp³-hybridized carbons (Fsp3) is 0.409. The van der Waals surface area contributed by atoms with Gasteiger partial charge in [0.2, 0.25) is 5.16 Å². The molecule has 3 aromatic rings. The van der Waals surface area contributed by atoms with Gasteiger partial charge < -0.3 is 14.0 Å². The highest BCUT2D eigenvalue weighted by atomic mass is 32.2. The van der Waals surface area contributed by atoms with Gasteiger partial charge in [0.15, 0.2) is 11.6 Å². The van der Waals surface area contributed by atoms with Crippen molar-refractivity contribution < 1.29 is 14.3 Å². The molecule has 0 spiro atoms. The van der Waals surface area contributed by atoms with E-state index in [0.29, 0.717) is 24.2 Å². The van der Waals surface area contributed by atoms with Crippen LogP contribution in [0.4, 0.5) is 0 Å². The molecule has 8 heteroatoms. The smallest absolute Gasteiger partial charge is 0.208 e. The molecule has 160 valence electrons. The third-order valence-electron chi connectivity index (χ3n) is 4.93. The van der Waals surface area contributed by atoms with Crippen LogP contribution >= 0.6 is 11.8 Å². The second kappa shape index (κ2) is 9.95. The summed E-state index contributed by atoms with van der Waals surface area (Å²) in [7, 11) is 1.69. The molecule has 0 saturated heterocycles. The molecule has 0 aliphatic carbocycles. The number of benzene rings is 1. The molecule has 0 aliphatic rings. The van der Waals surface area contributed by atoms with E-state index < -0.39 is 0 Å². The Morgan fingerprint density at radius 3 is 2.77 bits per heavy atom. The third-order valence-corrected chi connectivity index (χ3v) is 5.78. The predicted octanol–water partition coefficient (Wildman–Crippen LogP) is 4.29. The van der Waals surface area contributed by atoms with E-state index in [4.69, 9.17) is 9.47 Å². The Morgan fingerprint density at radius 1 is 1.27 bits per heavy atom. The van der Waals surface area contributed by atoms with Crippen molar-refractivity contribution in [1.29, 1.82) is 0 Å². The summed E-state index contributed by atoms with van der Waals surface area (Å²) >= 11 is 1.32. The van der Waals surface area contributed by atoms with Crippen molar-refractivity contribution in [3.05, 3.63) is 58.7 Å². The summed E-state index contributed by atoms with van der Waals surface area (Å²) < 4.78 is 13.2. The van der Waals surface area contributed by atoms with Gasteiger partial charge in [0.05, 0.1) is 18.4 Å². The molecule has 3 rings (SSSR count). The zero-order valence-electron chi connectivity index (χ0n) is 18.1. The summed E-state index contributed by atoms with van der Waals surface area (Å²) in [6, 6.07) is 9.94. The predicted molar refractivity (Wildman–Crippen MR) is 117 cm³/mol. The van der Waals surface area contributed by atoms with Crippen molar-refractivity contribution >= 4 is 17.5 Å². The van der Waals surface area contributed by atoms with Crippen LogP contribution in [-0.4, -0.2) is 45.0 Å². The molecule has 30 heavy (non-hydrogen) atoms. The molecule has 2 aromatic heterocycles. The van der Waals surface area contributed by atoms with Gasteiger partial charge in [-0.15, -0.1) is 5.10 Å². The molecule has 1 N–H and O–H groups in total. The quantitative estimate of drug-likeness (QED) is 0.383. The van der Waals surface area contributed by atoms with E-state index in [-0.39, 0.29) is 17.6 Å². The average Bonchev–Trinajstić information content (AvgIpc) is 3.29. The molecule has 0 amide bonds. The van der Waals surface area contributed by atoms with Crippen LogP contribution in [0.1, 0.15) is 46.1 Å². The molecule has 1 unspecified atom stereocenters. The number of hydrogen-bond acceptors (Lipinski definition) is 6. The summed E-state index contributed by atoms with van der Waals surface area (Å²) in [6.07, 6.45) is 0. The average molecular weight is 429 g/mol. The number of carbonyl (C=O) groups excluding carboxylic acids is 1. The summed E-state index contributed by atoms with van der Waals surface area (Å²) in [4.78, 5) is 17.2. The number of rotatable bonds is 10. The van der Waals surface area contributed by atoms with Crippen LogP contribution < -0.4 is 4.74 Å². The lowest BCUT2D eigenvalue weighted by Crippen LogP contribution is -2.14. The molecular formula is C22H28N4O3S. The first-order valence-electron chi connectivity index (χ1n) is 9.83. The standard InChI is InChI=1S/C22H28N4O3S/c1-14-8-6-7-9-20(14)29-12-21-23-22(25-24-21)30-13-19(27)18-10-15(2)26(17(18)4)16(3)11-28-5/h6-10,16H,11-13H2,1-5H3,(H,23,24,25). The first-order valence-corrected chi connectivity index (χ1v) is 10.8. The Balaban J connectivity index is 1.58. The molecule has 0 fully saturated rings. The van der Waals surface area contributed by atoms with Crippen LogP contribution in [0.15, 0.2) is 35.5 Å². The number of thioether (sulfide) groups is 1. The Kier molecular flexibility index (Phi) is 7.33. The lowest BCUT2D eigenvalue weighted by atomic mass is 10.2. The number of aromatic nitrogens is 4. The van der Waals surface area contributed by atoms with Crippen LogP contribution in [0.25, 0.3) is 0 Å². The maximum Gasteiger partial charge on any atom is 0.208 e. The van der Waals surface area contributed by atoms with Crippen molar-refractivity contribution in [3.63, 3.8) is 0 Å². The second-order valence-corrected chi connectivity index (χ2v) is 8.23. The minimum absolute atomic E-state index is 0.0616. The maximum absolute atomic E-state index is 12.8. The van der Waals surface area contributed by atoms with Crippen LogP contribution in [0.3, 0.4) is 0 Å². The van der Waals surface area contributed by atoms with Crippen molar-refractivity contribution in [1.82, 2.24) is 19.7 Å². The molecule has 0 bridgehead atoms. The van der Waals surface area contributed by atoms with Crippen LogP contribution in [-0.2, 0) is 11.3 Å². The number of ether oxygens (including phenoxy) is 2. The lowest BCUT2D eigenvalue weighted by molar-refractivity contribution is 0.102. The zero-order chi connectivity index (χ0) is 21.7. The molecule has 1 atom stereocenters. The van der Waals surface area contributed by atoms with Gasteiger partial charge in [-0.05, 0) is 45.4 Å². The van der Waals surface area contributed by atoms with E-state index in [9.17, 15) is 4.79 Å². The van der Waals surface area contributed by atoms with Crippen LogP contribution in [0, 0.1) is 20.8 Å². The number of aryl methyl sites for hydroxylation is 2. The third kappa shape index (κ3) is 5.12. The number of methoxy groups -OCH3 is 1. The van der Waals surface area contributed by atoms with Gasteiger partial charge in [0.1, 0.15) is 12.4 Å². The molecule has 2 heterocycles. The molecule has 0 radical (unpaired) electrons. The van der Waals surface area contributed by atoms with Crippen LogP contribution in [0.2, 0.25) is 0 Å². The number of H-pyrrole nitrogens is 1. The molecule has 7 nitrogen and oxygen atoms in total. The van der Waals surface area contributed by atoms with E-state index in [1.807, 2.05) is 51.1 Å². The monoisotopic (exact) mass is 428 g/mol. The molecule has 0 aliphatic heterocycles. The van der Waals surface area contributed by atoms with Crippen LogP contribution in [0.5, 0.6) is 5.75 Å². The topological polar surface area (TPSA) is 82.0 Å². The Hall–Kier alpha value is -2.58. The SMILES string of the molecule is COCC(C)n1c(C)cc(C(=O)CSc2n[nH]c(COc3ccccc3C)n2)c1C. The number of Topliss-reactive ketones (excluding diaryl/α,β-unsaturated/α-hetero) is 1. The number of carbonyl (C=O) groups is 1. The van der Waals surface area contributed by atoms with Gasteiger partial charge in [0.25, 0.3) is 0 Å². The first-order chi connectivity index (χ1) is 14.4. The number of hydrogen-bond donors (Lipinski definition) is 1. The highest BCUT2D eigenvalue weighted by molar-refractivity contribution is 7.99. The van der Waals surface area contributed by atoms with Gasteiger partial charge in [-0.3, -0.25) is 9.89 Å². The molecular weight excluding hydrogens is 400 g/mol. The van der Waals surface area contributed by atoms with Gasteiger partial charge in [0, 0.05) is 24.1 Å². The Labute approximate surface area is 181 Å². The second-order valence-electron chi connectivity index (χ2n) is 7.29. The maximum atomic E-state index is 12.8. The minimum atomic E-state index is 0.0616. The lowest BCUT2D eigenvalue weighted by Gasteiger charge is -2.17. The van der Waals surface area contributed by atoms with E-state index in [2.05, 4.69) is 26.7 Å². The molecule has 1 aromatic carbocycles. The van der Waals surface area contributed by atoms with Gasteiger partial charge in [-0.2, -0.15) is 0 Å². The van der Waals surface area contributed by atoms with Crippen molar-refractivity contribution in [2.24, 2.45) is 0 Å². The van der Waals surface area contributed by atoms with Crippen molar-refractivity contribution in [3.8, 4) is 5.75 Å². The summed E-state index contributed by atoms with van der Waals surface area (Å²) in [5, 5.41) is 7.60. The van der Waals surface area contributed by atoms with Gasteiger partial charge >= 0.3 is 0 Å². The zero-order valence-corrected chi connectivity index (χ0v) is 18.9. The van der Waals surface area contributed by atoms with Crippen molar-refractivity contribution in [2.45, 2.75) is 45.5 Å². The summed E-state index contributed by atoms with van der Waals surface area (Å²) in [5.41, 5.74) is 3.82. The fourth-order valence-electron chi connectivity index (χ4n) is 3.53. The number of nitrogens with zero attached hydrogens (tertiary/aromatic N) is 3. The van der Waals surface area contributed by atoms with E-state index in [1.54, 1.807) is 7.11 Å². The minimum Gasteiger partial charge on any atom is -0.485 e. The normalized spacial score (nSPS) is 12.2. The van der Waals surface area contributed by atoms with Gasteiger partial charge in [-0.25, -0.2) is 4.98 Å².